The number of nitrogens with zero attached hydrogens (tertiary/aromatic N) is 2. The van der Waals surface area contributed by atoms with Crippen LogP contribution in [0.15, 0.2) is 71.0 Å². The van der Waals surface area contributed by atoms with Crippen LogP contribution in [0.5, 0.6) is 0 Å². The first-order chi connectivity index (χ1) is 10.7. The van der Waals surface area contributed by atoms with E-state index in [-0.39, 0.29) is 11.8 Å². The van der Waals surface area contributed by atoms with Gasteiger partial charge in [-0.05, 0) is 41.8 Å². The Kier molecular flexibility index (Phi) is 2.01. The molecule has 2 heterocycles. The minimum Gasteiger partial charge on any atom is -0.268 e. The first-order valence-electron chi connectivity index (χ1n) is 7.12. The van der Waals surface area contributed by atoms with Crippen LogP contribution in [0.4, 0.5) is 5.69 Å². The standard InChI is InChI=1S/C18H10N2O2/c21-17-15-11-3-4-12(8-11)16(15)18(22)20(17)13-5-6-14-10(9-13)2-1-7-19-14/h1-7,9H,8H2. The highest BCUT2D eigenvalue weighted by atomic mass is 16.2. The second-order valence-electron chi connectivity index (χ2n) is 5.64. The number of benzene rings is 1. The smallest absolute Gasteiger partial charge is 0.266 e. The van der Waals surface area contributed by atoms with Crippen molar-refractivity contribution in [3.05, 3.63) is 71.0 Å². The Labute approximate surface area is 126 Å². The number of amides is 2. The van der Waals surface area contributed by atoms with Crippen molar-refractivity contribution in [2.75, 3.05) is 4.90 Å². The predicted octanol–water partition coefficient (Wildman–Crippen LogP) is 2.67. The molecule has 0 spiro atoms. The Morgan fingerprint density at radius 3 is 2.41 bits per heavy atom. The normalized spacial score (nSPS) is 19.2. The monoisotopic (exact) mass is 286 g/mol. The van der Waals surface area contributed by atoms with Gasteiger partial charge in [-0.15, -0.1) is 0 Å². The van der Waals surface area contributed by atoms with Gasteiger partial charge >= 0.3 is 0 Å². The highest BCUT2D eigenvalue weighted by Gasteiger charge is 2.46. The average molecular weight is 286 g/mol. The Balaban J connectivity index is 1.69. The molecule has 0 unspecified atom stereocenters. The molecule has 2 amide bonds. The molecule has 0 atom stereocenters. The maximum atomic E-state index is 12.7. The average Bonchev–Trinajstić information content (AvgIpc) is 3.21. The number of rotatable bonds is 1. The molecule has 4 nitrogen and oxygen atoms in total. The van der Waals surface area contributed by atoms with Crippen molar-refractivity contribution >= 4 is 28.4 Å². The Morgan fingerprint density at radius 2 is 1.68 bits per heavy atom. The molecule has 1 aliphatic heterocycles. The van der Waals surface area contributed by atoms with E-state index in [9.17, 15) is 9.59 Å². The summed E-state index contributed by atoms with van der Waals surface area (Å²) in [6, 6.07) is 9.21. The van der Waals surface area contributed by atoms with Crippen molar-refractivity contribution in [3.63, 3.8) is 0 Å². The van der Waals surface area contributed by atoms with E-state index >= 15 is 0 Å². The number of allylic oxidation sites excluding steroid dienone is 4. The summed E-state index contributed by atoms with van der Waals surface area (Å²) in [4.78, 5) is 30.9. The van der Waals surface area contributed by atoms with Gasteiger partial charge < -0.3 is 0 Å². The molecule has 2 aromatic rings. The lowest BCUT2D eigenvalue weighted by Gasteiger charge is -2.14. The van der Waals surface area contributed by atoms with Crippen molar-refractivity contribution in [2.24, 2.45) is 0 Å². The minimum absolute atomic E-state index is 0.211. The van der Waals surface area contributed by atoms with Crippen LogP contribution >= 0.6 is 0 Å². The maximum absolute atomic E-state index is 12.7. The van der Waals surface area contributed by atoms with Gasteiger partial charge in [-0.3, -0.25) is 14.6 Å². The van der Waals surface area contributed by atoms with Crippen LogP contribution in [0.3, 0.4) is 0 Å². The van der Waals surface area contributed by atoms with Crippen LogP contribution in [0.2, 0.25) is 0 Å². The van der Waals surface area contributed by atoms with Crippen LogP contribution in [0, 0.1) is 0 Å². The van der Waals surface area contributed by atoms with Gasteiger partial charge in [-0.2, -0.15) is 0 Å². The van der Waals surface area contributed by atoms with Gasteiger partial charge in [-0.25, -0.2) is 4.90 Å². The number of hydrogen-bond acceptors (Lipinski definition) is 3. The van der Waals surface area contributed by atoms with Crippen molar-refractivity contribution in [2.45, 2.75) is 6.42 Å². The molecule has 2 aliphatic carbocycles. The summed E-state index contributed by atoms with van der Waals surface area (Å²) >= 11 is 0. The molecule has 22 heavy (non-hydrogen) atoms. The van der Waals surface area contributed by atoms with E-state index in [1.165, 1.54) is 4.90 Å². The number of pyridine rings is 1. The van der Waals surface area contributed by atoms with Crippen molar-refractivity contribution in [3.8, 4) is 0 Å². The molecule has 0 N–H and O–H groups in total. The van der Waals surface area contributed by atoms with Crippen LogP contribution in [0.25, 0.3) is 10.9 Å². The van der Waals surface area contributed by atoms with E-state index in [2.05, 4.69) is 4.98 Å². The molecule has 5 rings (SSSR count). The van der Waals surface area contributed by atoms with E-state index in [1.807, 2.05) is 36.4 Å². The molecule has 1 fully saturated rings. The summed E-state index contributed by atoms with van der Waals surface area (Å²) in [5.74, 6) is -0.421. The van der Waals surface area contributed by atoms with E-state index in [4.69, 9.17) is 0 Å². The molecule has 4 heteroatoms. The molecule has 1 aromatic carbocycles. The second kappa shape index (κ2) is 3.80. The van der Waals surface area contributed by atoms with Gasteiger partial charge in [0.05, 0.1) is 22.4 Å². The zero-order valence-corrected chi connectivity index (χ0v) is 11.5. The Bertz CT molecular complexity index is 955. The molecule has 3 aliphatic rings. The topological polar surface area (TPSA) is 50.3 Å². The third kappa shape index (κ3) is 1.29. The summed E-state index contributed by atoms with van der Waals surface area (Å²) in [6.45, 7) is 0. The summed E-state index contributed by atoms with van der Waals surface area (Å²) in [5, 5.41) is 0.911. The molecule has 104 valence electrons. The van der Waals surface area contributed by atoms with E-state index in [0.29, 0.717) is 16.8 Å². The zero-order valence-electron chi connectivity index (χ0n) is 11.5. The number of aromatic nitrogens is 1. The van der Waals surface area contributed by atoms with Crippen LogP contribution in [-0.2, 0) is 9.59 Å². The number of carbonyl (C=O) groups is 2. The van der Waals surface area contributed by atoms with Crippen LogP contribution < -0.4 is 4.90 Å². The van der Waals surface area contributed by atoms with Gasteiger partial charge in [0.1, 0.15) is 0 Å². The van der Waals surface area contributed by atoms with Gasteiger partial charge in [0.15, 0.2) is 0 Å². The van der Waals surface area contributed by atoms with Crippen molar-refractivity contribution in [1.29, 1.82) is 0 Å². The third-order valence-corrected chi connectivity index (χ3v) is 4.44. The molecule has 0 radical (unpaired) electrons. The Hall–Kier alpha value is -3.01. The molecule has 1 saturated heterocycles. The van der Waals surface area contributed by atoms with Gasteiger partial charge in [0, 0.05) is 11.6 Å². The highest BCUT2D eigenvalue weighted by molar-refractivity contribution is 6.38. The molecular weight excluding hydrogens is 276 g/mol. The number of carbonyl (C=O) groups excluding carboxylic acids is 2. The summed E-state index contributed by atoms with van der Waals surface area (Å²) in [5.41, 5.74) is 4.56. The third-order valence-electron chi connectivity index (χ3n) is 4.44. The Morgan fingerprint density at radius 1 is 0.955 bits per heavy atom. The number of anilines is 1. The first kappa shape index (κ1) is 11.6. The lowest BCUT2D eigenvalue weighted by atomic mass is 10.1. The van der Waals surface area contributed by atoms with Crippen LogP contribution in [0.1, 0.15) is 6.42 Å². The van der Waals surface area contributed by atoms with Gasteiger partial charge in [0.2, 0.25) is 0 Å². The van der Waals surface area contributed by atoms with Gasteiger partial charge in [0.25, 0.3) is 11.8 Å². The fourth-order valence-corrected chi connectivity index (χ4v) is 3.43. The van der Waals surface area contributed by atoms with Crippen molar-refractivity contribution in [1.82, 2.24) is 4.98 Å². The zero-order chi connectivity index (χ0) is 14.8. The van der Waals surface area contributed by atoms with Crippen LogP contribution in [-0.4, -0.2) is 16.8 Å². The number of hydrogen-bond donors (Lipinski definition) is 0. The largest absolute Gasteiger partial charge is 0.268 e. The van der Waals surface area contributed by atoms with Crippen molar-refractivity contribution < 1.29 is 9.59 Å². The maximum Gasteiger partial charge on any atom is 0.266 e. The fourth-order valence-electron chi connectivity index (χ4n) is 3.43. The fraction of sp³-hybridized carbons (Fsp3) is 0.0556. The summed E-state index contributed by atoms with van der Waals surface area (Å²) in [6.07, 6.45) is 6.32. The SMILES string of the molecule is O=C1C2=C3C=CC(=C2C(=O)N1c1ccc2ncccc2c1)C3. The number of fused-ring (bicyclic) bond motifs is 4. The summed E-state index contributed by atoms with van der Waals surface area (Å²) in [7, 11) is 0. The number of imide groups is 1. The molecular formula is C18H10N2O2. The second-order valence-corrected chi connectivity index (χ2v) is 5.64. The highest BCUT2D eigenvalue weighted by Crippen LogP contribution is 2.45. The molecule has 1 aromatic heterocycles. The first-order valence-corrected chi connectivity index (χ1v) is 7.12. The lowest BCUT2D eigenvalue weighted by Crippen LogP contribution is -2.29. The summed E-state index contributed by atoms with van der Waals surface area (Å²) < 4.78 is 0. The lowest BCUT2D eigenvalue weighted by molar-refractivity contribution is -0.119. The quantitative estimate of drug-likeness (QED) is 0.757. The van der Waals surface area contributed by atoms with E-state index in [1.54, 1.807) is 12.3 Å². The predicted molar refractivity (Wildman–Crippen MR) is 82.0 cm³/mol. The van der Waals surface area contributed by atoms with E-state index in [0.717, 1.165) is 28.5 Å². The molecule has 2 bridgehead atoms. The van der Waals surface area contributed by atoms with Gasteiger partial charge in [-0.1, -0.05) is 18.2 Å². The minimum atomic E-state index is -0.211. The molecule has 0 saturated carbocycles. The van der Waals surface area contributed by atoms with E-state index < -0.39 is 0 Å².